The Kier molecular flexibility index (Phi) is 8.87. The first-order valence-electron chi connectivity index (χ1n) is 13.5. The fourth-order valence-corrected chi connectivity index (χ4v) is 7.14. The molecule has 3 aromatic rings. The minimum Gasteiger partial charge on any atom is -0.477 e. The van der Waals surface area contributed by atoms with Crippen molar-refractivity contribution in [2.75, 3.05) is 18.0 Å². The Hall–Kier alpha value is -3.21. The molecule has 1 aliphatic heterocycles. The van der Waals surface area contributed by atoms with Gasteiger partial charge in [-0.25, -0.2) is 8.42 Å². The van der Waals surface area contributed by atoms with E-state index in [0.717, 1.165) is 29.3 Å². The van der Waals surface area contributed by atoms with Gasteiger partial charge in [0.2, 0.25) is 15.9 Å². The molecule has 1 aliphatic carbocycles. The normalized spacial score (nSPS) is 17.6. The number of nitrogens with zero attached hydrogens (tertiary/aromatic N) is 2. The van der Waals surface area contributed by atoms with E-state index in [2.05, 4.69) is 21.2 Å². The highest BCUT2D eigenvalue weighted by atomic mass is 79.9. The van der Waals surface area contributed by atoms with Crippen molar-refractivity contribution >= 4 is 43.5 Å². The van der Waals surface area contributed by atoms with Gasteiger partial charge in [0.05, 0.1) is 23.7 Å². The van der Waals surface area contributed by atoms with Crippen LogP contribution in [0.5, 0.6) is 5.75 Å². The number of carbonyl (C=O) groups is 2. The maximum absolute atomic E-state index is 13.9. The van der Waals surface area contributed by atoms with Crippen molar-refractivity contribution < 1.29 is 22.7 Å². The zero-order valence-corrected chi connectivity index (χ0v) is 24.4. The molecule has 10 heteroatoms. The number of ether oxygens (including phenoxy) is 1. The Bertz CT molecular complexity index is 1440. The quantitative estimate of drug-likeness (QED) is 0.385. The summed E-state index contributed by atoms with van der Waals surface area (Å²) in [5.74, 6) is -0.340. The Morgan fingerprint density at radius 1 is 0.925 bits per heavy atom. The molecule has 0 saturated heterocycles. The molecule has 1 heterocycles. The molecule has 2 amide bonds. The molecule has 210 valence electrons. The van der Waals surface area contributed by atoms with Crippen LogP contribution in [0, 0.1) is 0 Å². The molecule has 1 saturated carbocycles. The number of benzene rings is 3. The number of hydrogen-bond donors (Lipinski definition) is 1. The number of amides is 2. The Labute approximate surface area is 243 Å². The van der Waals surface area contributed by atoms with Gasteiger partial charge < -0.3 is 15.0 Å². The second kappa shape index (κ2) is 12.5. The predicted octanol–water partition coefficient (Wildman–Crippen LogP) is 4.88. The average Bonchev–Trinajstić information content (AvgIpc) is 2.99. The van der Waals surface area contributed by atoms with Gasteiger partial charge >= 0.3 is 0 Å². The number of sulfonamides is 1. The molecular weight excluding hydrogens is 594 g/mol. The summed E-state index contributed by atoms with van der Waals surface area (Å²) in [5.41, 5.74) is 1.46. The maximum Gasteiger partial charge on any atom is 0.263 e. The Balaban J connectivity index is 1.39. The van der Waals surface area contributed by atoms with Gasteiger partial charge in [0.15, 0.2) is 6.10 Å². The molecule has 0 bridgehead atoms. The minimum atomic E-state index is -3.94. The Morgan fingerprint density at radius 2 is 1.60 bits per heavy atom. The van der Waals surface area contributed by atoms with Crippen LogP contribution in [0.4, 0.5) is 5.69 Å². The van der Waals surface area contributed by atoms with E-state index >= 15 is 0 Å². The molecule has 3 aromatic carbocycles. The van der Waals surface area contributed by atoms with E-state index in [9.17, 15) is 18.0 Å². The molecule has 0 spiro atoms. The standard InChI is InChI=1S/C30H32BrN3O5S/c31-23-15-17-25(18-16-23)40(37,38)34(24-11-5-2-6-12-24)21-29(35)33-20-28(39-27-14-8-7-13-26(27)33)30(36)32-19-22-9-3-1-4-10-22/h1,3-4,7-10,13-18,24,28H,2,5-6,11-12,19-21H2,(H,32,36)/t28-/m0/s1. The first-order valence-corrected chi connectivity index (χ1v) is 15.7. The van der Waals surface area contributed by atoms with Crippen LogP contribution >= 0.6 is 15.9 Å². The van der Waals surface area contributed by atoms with Crippen molar-refractivity contribution in [2.24, 2.45) is 0 Å². The van der Waals surface area contributed by atoms with E-state index in [0.29, 0.717) is 30.8 Å². The van der Waals surface area contributed by atoms with E-state index in [1.807, 2.05) is 30.3 Å². The van der Waals surface area contributed by atoms with E-state index in [-0.39, 0.29) is 29.9 Å². The maximum atomic E-state index is 13.9. The van der Waals surface area contributed by atoms with Crippen LogP contribution in [-0.2, 0) is 26.2 Å². The lowest BCUT2D eigenvalue weighted by Crippen LogP contribution is -2.54. The first kappa shape index (κ1) is 28.3. The van der Waals surface area contributed by atoms with Gasteiger partial charge in [-0.15, -0.1) is 0 Å². The van der Waals surface area contributed by atoms with Crippen molar-refractivity contribution in [2.45, 2.75) is 55.7 Å². The lowest BCUT2D eigenvalue weighted by Gasteiger charge is -2.37. The number of anilines is 1. The third kappa shape index (κ3) is 6.40. The molecule has 2 aliphatic rings. The highest BCUT2D eigenvalue weighted by Crippen LogP contribution is 2.34. The summed E-state index contributed by atoms with van der Waals surface area (Å²) in [4.78, 5) is 28.7. The van der Waals surface area contributed by atoms with Crippen molar-refractivity contribution in [1.29, 1.82) is 0 Å². The number of nitrogens with one attached hydrogen (secondary N) is 1. The van der Waals surface area contributed by atoms with Gasteiger partial charge in [0.1, 0.15) is 5.75 Å². The van der Waals surface area contributed by atoms with E-state index in [4.69, 9.17) is 4.74 Å². The number of rotatable bonds is 8. The molecule has 5 rings (SSSR count). The molecule has 1 N–H and O–H groups in total. The molecule has 0 radical (unpaired) electrons. The van der Waals surface area contributed by atoms with Crippen molar-refractivity contribution in [3.05, 3.63) is 88.9 Å². The summed E-state index contributed by atoms with van der Waals surface area (Å²) in [6.07, 6.45) is 3.34. The second-order valence-electron chi connectivity index (χ2n) is 10.1. The summed E-state index contributed by atoms with van der Waals surface area (Å²) < 4.78 is 35.8. The third-order valence-electron chi connectivity index (χ3n) is 7.37. The zero-order chi connectivity index (χ0) is 28.1. The third-order valence-corrected chi connectivity index (χ3v) is 9.81. The van der Waals surface area contributed by atoms with Gasteiger partial charge in [-0.05, 0) is 54.8 Å². The second-order valence-corrected chi connectivity index (χ2v) is 12.9. The monoisotopic (exact) mass is 625 g/mol. The topological polar surface area (TPSA) is 96.0 Å². The fraction of sp³-hybridized carbons (Fsp3) is 0.333. The average molecular weight is 627 g/mol. The van der Waals surface area contributed by atoms with Crippen LogP contribution in [-0.4, -0.2) is 49.8 Å². The summed E-state index contributed by atoms with van der Waals surface area (Å²) in [6.45, 7) is -0.0148. The van der Waals surface area contributed by atoms with Crippen LogP contribution in [0.25, 0.3) is 0 Å². The van der Waals surface area contributed by atoms with E-state index in [1.54, 1.807) is 48.5 Å². The SMILES string of the molecule is O=C(NCc1ccccc1)[C@@H]1CN(C(=O)CN(C2CCCCC2)S(=O)(=O)c2ccc(Br)cc2)c2ccccc2O1. The summed E-state index contributed by atoms with van der Waals surface area (Å²) in [6, 6.07) is 22.8. The number of halogens is 1. The van der Waals surface area contributed by atoms with Gasteiger partial charge in [-0.1, -0.05) is 77.7 Å². The van der Waals surface area contributed by atoms with Gasteiger partial charge in [0, 0.05) is 17.1 Å². The Morgan fingerprint density at radius 3 is 2.33 bits per heavy atom. The lowest BCUT2D eigenvalue weighted by molar-refractivity contribution is -0.128. The van der Waals surface area contributed by atoms with Crippen LogP contribution in [0.15, 0.2) is 88.2 Å². The number of fused-ring (bicyclic) bond motifs is 1. The molecule has 40 heavy (non-hydrogen) atoms. The first-order chi connectivity index (χ1) is 19.3. The van der Waals surface area contributed by atoms with Crippen LogP contribution in [0.1, 0.15) is 37.7 Å². The molecule has 1 atom stereocenters. The summed E-state index contributed by atoms with van der Waals surface area (Å²) >= 11 is 3.36. The summed E-state index contributed by atoms with van der Waals surface area (Å²) in [5, 5.41) is 2.89. The van der Waals surface area contributed by atoms with Crippen LogP contribution in [0.3, 0.4) is 0 Å². The van der Waals surface area contributed by atoms with Gasteiger partial charge in [-0.2, -0.15) is 4.31 Å². The molecule has 1 fully saturated rings. The van der Waals surface area contributed by atoms with Crippen LogP contribution in [0.2, 0.25) is 0 Å². The lowest BCUT2D eigenvalue weighted by atomic mass is 9.95. The summed E-state index contributed by atoms with van der Waals surface area (Å²) in [7, 11) is -3.94. The van der Waals surface area contributed by atoms with Crippen LogP contribution < -0.4 is 15.0 Å². The minimum absolute atomic E-state index is 0.0205. The van der Waals surface area contributed by atoms with E-state index in [1.165, 1.54) is 9.21 Å². The fourth-order valence-electron chi connectivity index (χ4n) is 5.25. The van der Waals surface area contributed by atoms with Gasteiger partial charge in [-0.3, -0.25) is 9.59 Å². The van der Waals surface area contributed by atoms with E-state index < -0.39 is 22.0 Å². The van der Waals surface area contributed by atoms with Crippen molar-refractivity contribution in [3.63, 3.8) is 0 Å². The largest absolute Gasteiger partial charge is 0.477 e. The highest BCUT2D eigenvalue weighted by Gasteiger charge is 2.38. The zero-order valence-electron chi connectivity index (χ0n) is 22.0. The van der Waals surface area contributed by atoms with Gasteiger partial charge in [0.25, 0.3) is 5.91 Å². The van der Waals surface area contributed by atoms with Crippen molar-refractivity contribution in [3.8, 4) is 5.75 Å². The molecule has 0 unspecified atom stereocenters. The number of para-hydroxylation sites is 2. The molecule has 0 aromatic heterocycles. The molecular formula is C30H32BrN3O5S. The smallest absolute Gasteiger partial charge is 0.263 e. The number of hydrogen-bond acceptors (Lipinski definition) is 5. The highest BCUT2D eigenvalue weighted by molar-refractivity contribution is 9.10. The number of carbonyl (C=O) groups excluding carboxylic acids is 2. The van der Waals surface area contributed by atoms with Crippen molar-refractivity contribution in [1.82, 2.24) is 9.62 Å². The molecule has 8 nitrogen and oxygen atoms in total. The predicted molar refractivity (Wildman–Crippen MR) is 156 cm³/mol.